The molecule has 4 heteroatoms. The van der Waals surface area contributed by atoms with Crippen LogP contribution in [0.2, 0.25) is 0 Å². The van der Waals surface area contributed by atoms with E-state index in [1.807, 2.05) is 36.4 Å². The van der Waals surface area contributed by atoms with Crippen molar-refractivity contribution in [3.8, 4) is 0 Å². The van der Waals surface area contributed by atoms with Crippen molar-refractivity contribution >= 4 is 28.5 Å². The van der Waals surface area contributed by atoms with Crippen LogP contribution in [-0.4, -0.2) is 15.3 Å². The number of fused-ring (bicyclic) bond motifs is 4. The Kier molecular flexibility index (Phi) is 3.14. The molecule has 0 spiro atoms. The molecule has 1 aliphatic carbocycles. The highest BCUT2D eigenvalue weighted by atomic mass is 16.1. The number of benzene rings is 2. The van der Waals surface area contributed by atoms with Gasteiger partial charge in [0.15, 0.2) is 5.78 Å². The summed E-state index contributed by atoms with van der Waals surface area (Å²) >= 11 is 0. The highest BCUT2D eigenvalue weighted by molar-refractivity contribution is 6.06. The van der Waals surface area contributed by atoms with E-state index >= 15 is 0 Å². The summed E-state index contributed by atoms with van der Waals surface area (Å²) in [6, 6.07) is 18.2. The molecule has 4 nitrogen and oxygen atoms in total. The average Bonchev–Trinajstić information content (AvgIpc) is 2.99. The molecule has 1 atom stereocenters. The van der Waals surface area contributed by atoms with Crippen molar-refractivity contribution in [3.05, 3.63) is 65.7 Å². The van der Waals surface area contributed by atoms with Gasteiger partial charge in [-0.05, 0) is 29.5 Å². The maximum absolute atomic E-state index is 13.2. The molecule has 26 heavy (non-hydrogen) atoms. The van der Waals surface area contributed by atoms with E-state index in [2.05, 4.69) is 41.9 Å². The van der Waals surface area contributed by atoms with Crippen molar-refractivity contribution in [1.82, 2.24) is 9.55 Å². The number of imidazole rings is 1. The van der Waals surface area contributed by atoms with E-state index in [0.29, 0.717) is 6.42 Å². The zero-order chi connectivity index (χ0) is 17.9. The first-order valence-electron chi connectivity index (χ1n) is 9.09. The fraction of sp³-hybridized carbons (Fsp3) is 0.273. The second kappa shape index (κ2) is 5.31. The van der Waals surface area contributed by atoms with Gasteiger partial charge in [-0.1, -0.05) is 56.3 Å². The lowest BCUT2D eigenvalue weighted by Crippen LogP contribution is -2.35. The Morgan fingerprint density at radius 2 is 1.77 bits per heavy atom. The number of anilines is 1. The minimum atomic E-state index is -0.140. The highest BCUT2D eigenvalue weighted by Crippen LogP contribution is 2.48. The van der Waals surface area contributed by atoms with E-state index in [1.54, 1.807) is 0 Å². The fourth-order valence-electron chi connectivity index (χ4n) is 4.32. The third-order valence-corrected chi connectivity index (χ3v) is 5.42. The lowest BCUT2D eigenvalue weighted by atomic mass is 9.73. The zero-order valence-corrected chi connectivity index (χ0v) is 15.0. The molecule has 130 valence electrons. The SMILES string of the molecule is CC1(C)CC(=O)C2=C(C1)n1c(nc3ccccc31)NC2c1ccccc1. The van der Waals surface area contributed by atoms with Crippen molar-refractivity contribution in [3.63, 3.8) is 0 Å². The predicted molar refractivity (Wildman–Crippen MR) is 104 cm³/mol. The third-order valence-electron chi connectivity index (χ3n) is 5.42. The molecule has 1 unspecified atom stereocenters. The number of rotatable bonds is 1. The lowest BCUT2D eigenvalue weighted by Gasteiger charge is -2.39. The summed E-state index contributed by atoms with van der Waals surface area (Å²) in [6.45, 7) is 4.35. The van der Waals surface area contributed by atoms with Gasteiger partial charge in [0.2, 0.25) is 5.95 Å². The van der Waals surface area contributed by atoms with E-state index in [1.165, 1.54) is 0 Å². The number of aromatic nitrogens is 2. The first-order valence-corrected chi connectivity index (χ1v) is 9.09. The van der Waals surface area contributed by atoms with Crippen LogP contribution in [0.25, 0.3) is 16.7 Å². The van der Waals surface area contributed by atoms with E-state index < -0.39 is 0 Å². The van der Waals surface area contributed by atoms with Crippen LogP contribution in [-0.2, 0) is 4.79 Å². The molecule has 0 saturated heterocycles. The quantitative estimate of drug-likeness (QED) is 0.690. The zero-order valence-electron chi connectivity index (χ0n) is 15.0. The number of hydrogen-bond donors (Lipinski definition) is 1. The summed E-state index contributed by atoms with van der Waals surface area (Å²) < 4.78 is 2.16. The number of ketones is 1. The van der Waals surface area contributed by atoms with Crippen molar-refractivity contribution in [2.75, 3.05) is 5.32 Å². The van der Waals surface area contributed by atoms with E-state index in [9.17, 15) is 4.79 Å². The number of carbonyl (C=O) groups excluding carboxylic acids is 1. The van der Waals surface area contributed by atoms with Crippen molar-refractivity contribution < 1.29 is 4.79 Å². The third kappa shape index (κ3) is 2.22. The number of Topliss-reactive ketones (excluding diaryl/α,β-unsaturated/α-hetero) is 1. The van der Waals surface area contributed by atoms with Crippen LogP contribution in [0.5, 0.6) is 0 Å². The van der Waals surface area contributed by atoms with Crippen LogP contribution in [0.1, 0.15) is 38.3 Å². The molecule has 0 fully saturated rings. The van der Waals surface area contributed by atoms with Crippen LogP contribution in [0.3, 0.4) is 0 Å². The average molecular weight is 343 g/mol. The van der Waals surface area contributed by atoms with Crippen LogP contribution in [0, 0.1) is 5.41 Å². The van der Waals surface area contributed by atoms with Crippen LogP contribution >= 0.6 is 0 Å². The topological polar surface area (TPSA) is 46.9 Å². The Morgan fingerprint density at radius 3 is 2.58 bits per heavy atom. The largest absolute Gasteiger partial charge is 0.344 e. The number of hydrogen-bond acceptors (Lipinski definition) is 3. The van der Waals surface area contributed by atoms with Gasteiger partial charge in [-0.3, -0.25) is 9.36 Å². The molecule has 2 heterocycles. The number of allylic oxidation sites excluding steroid dienone is 1. The molecule has 1 aromatic heterocycles. The monoisotopic (exact) mass is 343 g/mol. The van der Waals surface area contributed by atoms with Gasteiger partial charge in [0.25, 0.3) is 0 Å². The summed E-state index contributed by atoms with van der Waals surface area (Å²) in [7, 11) is 0. The Morgan fingerprint density at radius 1 is 1.04 bits per heavy atom. The van der Waals surface area contributed by atoms with Gasteiger partial charge in [0.05, 0.1) is 17.1 Å². The molecule has 2 aliphatic rings. The molecular formula is C22H21N3O. The normalized spacial score (nSPS) is 21.3. The first-order chi connectivity index (χ1) is 12.5. The smallest absolute Gasteiger partial charge is 0.209 e. The van der Waals surface area contributed by atoms with Crippen LogP contribution < -0.4 is 5.32 Å². The summed E-state index contributed by atoms with van der Waals surface area (Å²) in [5.41, 5.74) is 5.06. The fourth-order valence-corrected chi connectivity index (χ4v) is 4.32. The van der Waals surface area contributed by atoms with Gasteiger partial charge >= 0.3 is 0 Å². The standard InChI is InChI=1S/C22H21N3O/c1-22(2)12-17-19(18(26)13-22)20(14-8-4-3-5-9-14)24-21-23-15-10-6-7-11-16(15)25(17)21/h3-11,20H,12-13H2,1-2H3,(H,23,24). The Hall–Kier alpha value is -2.88. The molecule has 2 aromatic carbocycles. The molecule has 0 amide bonds. The Balaban J connectivity index is 1.80. The molecule has 3 aromatic rings. The maximum atomic E-state index is 13.2. The number of nitrogens with one attached hydrogen (secondary N) is 1. The van der Waals surface area contributed by atoms with Crippen LogP contribution in [0.4, 0.5) is 5.95 Å². The van der Waals surface area contributed by atoms with Gasteiger partial charge in [-0.25, -0.2) is 4.98 Å². The highest BCUT2D eigenvalue weighted by Gasteiger charge is 2.41. The van der Waals surface area contributed by atoms with Crippen molar-refractivity contribution in [1.29, 1.82) is 0 Å². The molecule has 0 saturated carbocycles. The summed E-state index contributed by atoms with van der Waals surface area (Å²) in [5, 5.41) is 3.53. The van der Waals surface area contributed by atoms with Gasteiger partial charge in [0, 0.05) is 17.7 Å². The summed E-state index contributed by atoms with van der Waals surface area (Å²) in [5.74, 6) is 1.06. The Bertz CT molecular complexity index is 1060. The van der Waals surface area contributed by atoms with Crippen molar-refractivity contribution in [2.45, 2.75) is 32.7 Å². The summed E-state index contributed by atoms with van der Waals surface area (Å²) in [4.78, 5) is 18.0. The molecular weight excluding hydrogens is 322 g/mol. The molecule has 5 rings (SSSR count). The maximum Gasteiger partial charge on any atom is 0.209 e. The van der Waals surface area contributed by atoms with E-state index in [0.717, 1.165) is 40.2 Å². The van der Waals surface area contributed by atoms with Crippen LogP contribution in [0.15, 0.2) is 60.2 Å². The van der Waals surface area contributed by atoms with Crippen molar-refractivity contribution in [2.24, 2.45) is 5.41 Å². The minimum Gasteiger partial charge on any atom is -0.344 e. The first kappa shape index (κ1) is 15.4. The lowest BCUT2D eigenvalue weighted by molar-refractivity contribution is -0.118. The number of carbonyl (C=O) groups is 1. The van der Waals surface area contributed by atoms with Gasteiger partial charge in [-0.15, -0.1) is 0 Å². The number of nitrogens with zero attached hydrogens (tertiary/aromatic N) is 2. The van der Waals surface area contributed by atoms with Gasteiger partial charge < -0.3 is 5.32 Å². The molecule has 0 bridgehead atoms. The van der Waals surface area contributed by atoms with E-state index in [-0.39, 0.29) is 17.2 Å². The second-order valence-electron chi connectivity index (χ2n) is 8.05. The van der Waals surface area contributed by atoms with E-state index in [4.69, 9.17) is 4.98 Å². The van der Waals surface area contributed by atoms with Gasteiger partial charge in [0.1, 0.15) is 0 Å². The molecule has 1 aliphatic heterocycles. The van der Waals surface area contributed by atoms with Gasteiger partial charge in [-0.2, -0.15) is 0 Å². The second-order valence-corrected chi connectivity index (χ2v) is 8.05. The number of para-hydroxylation sites is 2. The Labute approximate surface area is 152 Å². The summed E-state index contributed by atoms with van der Waals surface area (Å²) in [6.07, 6.45) is 1.45. The minimum absolute atomic E-state index is 0.0445. The molecule has 1 N–H and O–H groups in total. The predicted octanol–water partition coefficient (Wildman–Crippen LogP) is 4.80. The molecule has 0 radical (unpaired) electrons.